The van der Waals surface area contributed by atoms with Gasteiger partial charge in [-0.15, -0.1) is 0 Å². The molecule has 0 bridgehead atoms. The van der Waals surface area contributed by atoms with Gasteiger partial charge in [0.2, 0.25) is 5.28 Å². The molecule has 0 aliphatic carbocycles. The van der Waals surface area contributed by atoms with E-state index >= 15 is 0 Å². The summed E-state index contributed by atoms with van der Waals surface area (Å²) in [6, 6.07) is 0. The molecule has 6 heteroatoms. The molecule has 1 fully saturated rings. The van der Waals surface area contributed by atoms with Crippen LogP contribution in [-0.2, 0) is 4.74 Å². The van der Waals surface area contributed by atoms with Crippen LogP contribution >= 0.6 is 11.6 Å². The van der Waals surface area contributed by atoms with Crippen LogP contribution in [0.15, 0.2) is 0 Å². The largest absolute Gasteiger partial charge is 0.394 e. The second kappa shape index (κ2) is 4.66. The molecule has 1 saturated heterocycles. The second-order valence-corrected chi connectivity index (χ2v) is 4.98. The maximum Gasteiger partial charge on any atom is 0.224 e. The number of nitrogens with one attached hydrogen (secondary N) is 1. The molecule has 1 aromatic rings. The molecule has 0 atom stereocenters. The summed E-state index contributed by atoms with van der Waals surface area (Å²) in [5, 5.41) is 3.58. The first kappa shape index (κ1) is 12.4. The number of nitrogen functional groups attached to an aromatic ring is 1. The fourth-order valence-electron chi connectivity index (χ4n) is 1.88. The van der Waals surface area contributed by atoms with Crippen molar-refractivity contribution in [1.29, 1.82) is 0 Å². The third kappa shape index (κ3) is 2.79. The lowest BCUT2D eigenvalue weighted by molar-refractivity contribution is 0.0657. The van der Waals surface area contributed by atoms with Gasteiger partial charge in [-0.3, -0.25) is 0 Å². The molecule has 0 saturated carbocycles. The van der Waals surface area contributed by atoms with Gasteiger partial charge >= 0.3 is 0 Å². The summed E-state index contributed by atoms with van der Waals surface area (Å²) in [7, 11) is 0. The Kier molecular flexibility index (Phi) is 3.40. The van der Waals surface area contributed by atoms with E-state index in [1.807, 2.05) is 6.92 Å². The third-order valence-corrected chi connectivity index (χ3v) is 3.29. The Morgan fingerprint density at radius 2 is 2.00 bits per heavy atom. The Balaban J connectivity index is 2.23. The smallest absolute Gasteiger partial charge is 0.224 e. The Morgan fingerprint density at radius 3 is 2.65 bits per heavy atom. The van der Waals surface area contributed by atoms with E-state index in [0.29, 0.717) is 17.2 Å². The molecule has 94 valence electrons. The van der Waals surface area contributed by atoms with Crippen molar-refractivity contribution in [3.05, 3.63) is 11.0 Å². The summed E-state index contributed by atoms with van der Waals surface area (Å²) in [5.74, 6) is 0.618. The van der Waals surface area contributed by atoms with Crippen molar-refractivity contribution in [2.45, 2.75) is 32.2 Å². The van der Waals surface area contributed by atoms with Gasteiger partial charge in [0.05, 0.1) is 11.4 Å². The van der Waals surface area contributed by atoms with Crippen molar-refractivity contribution < 1.29 is 4.74 Å². The number of halogens is 1. The quantitative estimate of drug-likeness (QED) is 0.792. The highest BCUT2D eigenvalue weighted by atomic mass is 35.5. The van der Waals surface area contributed by atoms with Crippen LogP contribution in [0.4, 0.5) is 11.5 Å². The van der Waals surface area contributed by atoms with Gasteiger partial charge in [0.1, 0.15) is 0 Å². The first-order valence-electron chi connectivity index (χ1n) is 5.66. The molecule has 0 unspecified atom stereocenters. The van der Waals surface area contributed by atoms with Crippen LogP contribution in [0.1, 0.15) is 25.5 Å². The van der Waals surface area contributed by atoms with Crippen molar-refractivity contribution in [1.82, 2.24) is 9.97 Å². The maximum absolute atomic E-state index is 5.95. The molecule has 2 rings (SSSR count). The molecular weight excluding hydrogens is 240 g/mol. The minimum absolute atomic E-state index is 0.0451. The van der Waals surface area contributed by atoms with Crippen molar-refractivity contribution >= 4 is 23.1 Å². The molecule has 0 aromatic carbocycles. The van der Waals surface area contributed by atoms with Crippen LogP contribution in [0.25, 0.3) is 0 Å². The summed E-state index contributed by atoms with van der Waals surface area (Å²) in [5.41, 5.74) is 7.16. The van der Waals surface area contributed by atoms with E-state index in [1.165, 1.54) is 0 Å². The van der Waals surface area contributed by atoms with Crippen molar-refractivity contribution in [3.8, 4) is 0 Å². The number of hydrogen-bond donors (Lipinski definition) is 2. The summed E-state index contributed by atoms with van der Waals surface area (Å²) in [6.07, 6.45) is 1.85. The van der Waals surface area contributed by atoms with Crippen LogP contribution in [0.2, 0.25) is 5.28 Å². The third-order valence-electron chi connectivity index (χ3n) is 3.13. The van der Waals surface area contributed by atoms with Gasteiger partial charge in [0, 0.05) is 18.8 Å². The predicted molar refractivity (Wildman–Crippen MR) is 68.3 cm³/mol. The van der Waals surface area contributed by atoms with E-state index in [2.05, 4.69) is 22.2 Å². The number of nitrogens with two attached hydrogens (primary N) is 1. The first-order chi connectivity index (χ1) is 8.00. The van der Waals surface area contributed by atoms with Gasteiger partial charge in [-0.25, -0.2) is 4.98 Å². The topological polar surface area (TPSA) is 73.1 Å². The maximum atomic E-state index is 5.95. The Morgan fingerprint density at radius 1 is 1.35 bits per heavy atom. The van der Waals surface area contributed by atoms with Crippen LogP contribution in [0.3, 0.4) is 0 Å². The van der Waals surface area contributed by atoms with Crippen molar-refractivity contribution in [2.24, 2.45) is 0 Å². The lowest BCUT2D eigenvalue weighted by atomic mass is 9.92. The number of rotatable bonds is 2. The predicted octanol–water partition coefficient (Wildman–Crippen LogP) is 2.00. The van der Waals surface area contributed by atoms with E-state index in [-0.39, 0.29) is 10.8 Å². The van der Waals surface area contributed by atoms with Crippen LogP contribution in [0, 0.1) is 6.92 Å². The number of anilines is 2. The normalized spacial score (nSPS) is 19.0. The molecular formula is C11H17ClN4O. The average Bonchev–Trinajstić information content (AvgIpc) is 2.26. The van der Waals surface area contributed by atoms with Crippen LogP contribution in [0.5, 0.6) is 0 Å². The SMILES string of the molecule is Cc1nc(Cl)nc(NC2(C)CCOCC2)c1N. The molecule has 0 amide bonds. The number of aryl methyl sites for hydroxylation is 1. The zero-order valence-electron chi connectivity index (χ0n) is 10.1. The van der Waals surface area contributed by atoms with Gasteiger partial charge in [-0.1, -0.05) is 0 Å². The highest BCUT2D eigenvalue weighted by molar-refractivity contribution is 6.28. The fraction of sp³-hybridized carbons (Fsp3) is 0.636. The van der Waals surface area contributed by atoms with E-state index in [4.69, 9.17) is 22.1 Å². The molecule has 0 spiro atoms. The van der Waals surface area contributed by atoms with E-state index in [1.54, 1.807) is 0 Å². The second-order valence-electron chi connectivity index (χ2n) is 4.64. The van der Waals surface area contributed by atoms with Gasteiger partial charge in [0.25, 0.3) is 0 Å². The fourth-order valence-corrected chi connectivity index (χ4v) is 2.09. The molecule has 0 radical (unpaired) electrons. The summed E-state index contributed by atoms with van der Waals surface area (Å²) in [4.78, 5) is 8.16. The molecule has 1 aliphatic rings. The molecule has 17 heavy (non-hydrogen) atoms. The highest BCUT2D eigenvalue weighted by Crippen LogP contribution is 2.28. The zero-order chi connectivity index (χ0) is 12.5. The number of ether oxygens (including phenoxy) is 1. The Labute approximate surface area is 106 Å². The van der Waals surface area contributed by atoms with Crippen LogP contribution in [-0.4, -0.2) is 28.7 Å². The van der Waals surface area contributed by atoms with Crippen molar-refractivity contribution in [2.75, 3.05) is 24.3 Å². The summed E-state index contributed by atoms with van der Waals surface area (Å²) >= 11 is 5.84. The molecule has 3 N–H and O–H groups in total. The lowest BCUT2D eigenvalue weighted by Gasteiger charge is -2.35. The minimum Gasteiger partial charge on any atom is -0.394 e. The van der Waals surface area contributed by atoms with E-state index < -0.39 is 0 Å². The van der Waals surface area contributed by atoms with Crippen LogP contribution < -0.4 is 11.1 Å². The van der Waals surface area contributed by atoms with E-state index in [9.17, 15) is 0 Å². The van der Waals surface area contributed by atoms with Gasteiger partial charge in [0.15, 0.2) is 5.82 Å². The Bertz CT molecular complexity index is 418. The highest BCUT2D eigenvalue weighted by Gasteiger charge is 2.28. The monoisotopic (exact) mass is 256 g/mol. The first-order valence-corrected chi connectivity index (χ1v) is 6.03. The molecule has 1 aliphatic heterocycles. The zero-order valence-corrected chi connectivity index (χ0v) is 10.8. The lowest BCUT2D eigenvalue weighted by Crippen LogP contribution is -2.41. The molecule has 2 heterocycles. The molecule has 1 aromatic heterocycles. The standard InChI is InChI=1S/C11H17ClN4O/c1-7-8(13)9(15-10(12)14-7)16-11(2)3-5-17-6-4-11/h3-6,13H2,1-2H3,(H,14,15,16). The minimum atomic E-state index is -0.0451. The van der Waals surface area contributed by atoms with Gasteiger partial charge < -0.3 is 15.8 Å². The molecule has 5 nitrogen and oxygen atoms in total. The number of nitrogens with zero attached hydrogens (tertiary/aromatic N) is 2. The Hall–Kier alpha value is -1.07. The van der Waals surface area contributed by atoms with Gasteiger partial charge in [-0.05, 0) is 38.3 Å². The average molecular weight is 257 g/mol. The number of hydrogen-bond acceptors (Lipinski definition) is 5. The summed E-state index contributed by atoms with van der Waals surface area (Å²) < 4.78 is 5.35. The summed E-state index contributed by atoms with van der Waals surface area (Å²) in [6.45, 7) is 5.46. The number of aromatic nitrogens is 2. The van der Waals surface area contributed by atoms with Gasteiger partial charge in [-0.2, -0.15) is 4.98 Å². The van der Waals surface area contributed by atoms with Crippen molar-refractivity contribution in [3.63, 3.8) is 0 Å². The van der Waals surface area contributed by atoms with E-state index in [0.717, 1.165) is 26.1 Å².